The molecule has 1 amide bonds. The predicted octanol–water partition coefficient (Wildman–Crippen LogP) is 5.04. The number of carbonyl (C=O) groups excluding carboxylic acids is 1. The van der Waals surface area contributed by atoms with Gasteiger partial charge in [0.2, 0.25) is 5.91 Å². The van der Waals surface area contributed by atoms with Crippen molar-refractivity contribution < 1.29 is 9.53 Å². The number of nitrogens with one attached hydrogen (secondary N) is 1. The highest BCUT2D eigenvalue weighted by Crippen LogP contribution is 2.25. The number of aryl methyl sites for hydroxylation is 1. The first-order valence-corrected chi connectivity index (χ1v) is 10.3. The summed E-state index contributed by atoms with van der Waals surface area (Å²) < 4.78 is 7.92. The molecule has 0 saturated heterocycles. The zero-order valence-corrected chi connectivity index (χ0v) is 16.1. The van der Waals surface area contributed by atoms with Crippen LogP contribution in [0.4, 0.5) is 5.69 Å². The number of hydrogen-bond acceptors (Lipinski definition) is 3. The van der Waals surface area contributed by atoms with E-state index in [1.54, 1.807) is 0 Å². The van der Waals surface area contributed by atoms with Crippen molar-refractivity contribution in [2.24, 2.45) is 5.92 Å². The summed E-state index contributed by atoms with van der Waals surface area (Å²) in [6.07, 6.45) is 16.0. The molecular weight excluding hydrogens is 338 g/mol. The van der Waals surface area contributed by atoms with Gasteiger partial charge in [-0.1, -0.05) is 32.1 Å². The minimum Gasteiger partial charge on any atom is -0.494 e. The number of anilines is 1. The van der Waals surface area contributed by atoms with Crippen LogP contribution in [0, 0.1) is 5.92 Å². The maximum absolute atomic E-state index is 12.3. The summed E-state index contributed by atoms with van der Waals surface area (Å²) in [5.74, 6) is 1.21. The summed E-state index contributed by atoms with van der Waals surface area (Å²) in [5.41, 5.74) is 0.859. The fourth-order valence-electron chi connectivity index (χ4n) is 3.60. The topological polar surface area (TPSA) is 56.1 Å². The Hall–Kier alpha value is -2.30. The Morgan fingerprint density at radius 1 is 1.07 bits per heavy atom. The number of amides is 1. The van der Waals surface area contributed by atoms with Crippen LogP contribution in [0.25, 0.3) is 0 Å². The summed E-state index contributed by atoms with van der Waals surface area (Å²) in [7, 11) is 0. The van der Waals surface area contributed by atoms with Gasteiger partial charge in [-0.05, 0) is 49.9 Å². The van der Waals surface area contributed by atoms with Gasteiger partial charge in [0.05, 0.1) is 12.9 Å². The van der Waals surface area contributed by atoms with Crippen LogP contribution in [-0.2, 0) is 11.3 Å². The highest BCUT2D eigenvalue weighted by molar-refractivity contribution is 5.92. The second kappa shape index (κ2) is 10.8. The lowest BCUT2D eigenvalue weighted by Gasteiger charge is -2.20. The molecule has 2 aromatic rings. The molecule has 5 heteroatoms. The van der Waals surface area contributed by atoms with E-state index in [0.29, 0.717) is 0 Å². The Morgan fingerprint density at radius 2 is 1.85 bits per heavy atom. The molecule has 0 bridgehead atoms. The van der Waals surface area contributed by atoms with Crippen LogP contribution in [-0.4, -0.2) is 22.1 Å². The van der Waals surface area contributed by atoms with Crippen molar-refractivity contribution in [2.45, 2.75) is 64.3 Å². The van der Waals surface area contributed by atoms with Gasteiger partial charge >= 0.3 is 0 Å². The summed E-state index contributed by atoms with van der Waals surface area (Å²) >= 11 is 0. The van der Waals surface area contributed by atoms with Gasteiger partial charge in [-0.3, -0.25) is 4.79 Å². The lowest BCUT2D eigenvalue weighted by atomic mass is 9.88. The number of aromatic nitrogens is 2. The van der Waals surface area contributed by atoms with Crippen molar-refractivity contribution in [3.8, 4) is 5.75 Å². The second-order valence-corrected chi connectivity index (χ2v) is 7.41. The lowest BCUT2D eigenvalue weighted by molar-refractivity contribution is -0.120. The number of hydrogen-bond donors (Lipinski definition) is 1. The number of nitrogens with zero attached hydrogens (tertiary/aromatic N) is 2. The minimum absolute atomic E-state index is 0.166. The normalized spacial score (nSPS) is 14.8. The Kier molecular flexibility index (Phi) is 7.75. The van der Waals surface area contributed by atoms with Crippen LogP contribution in [0.15, 0.2) is 43.0 Å². The van der Waals surface area contributed by atoms with Gasteiger partial charge in [-0.25, -0.2) is 4.98 Å². The first kappa shape index (κ1) is 19.5. The molecule has 1 heterocycles. The molecular formula is C22H31N3O2. The summed E-state index contributed by atoms with van der Waals surface area (Å²) in [6.45, 7) is 1.77. The van der Waals surface area contributed by atoms with Crippen molar-refractivity contribution in [1.82, 2.24) is 9.55 Å². The third-order valence-corrected chi connectivity index (χ3v) is 5.24. The van der Waals surface area contributed by atoms with Crippen LogP contribution < -0.4 is 10.1 Å². The van der Waals surface area contributed by atoms with Crippen LogP contribution >= 0.6 is 0 Å². The average molecular weight is 370 g/mol. The molecule has 0 atom stereocenters. The number of benzene rings is 1. The first-order valence-electron chi connectivity index (χ1n) is 10.3. The Labute approximate surface area is 162 Å². The maximum Gasteiger partial charge on any atom is 0.227 e. The molecule has 3 rings (SSSR count). The van der Waals surface area contributed by atoms with Crippen molar-refractivity contribution >= 4 is 11.6 Å². The van der Waals surface area contributed by atoms with Crippen LogP contribution in [0.5, 0.6) is 5.75 Å². The number of imidazole rings is 1. The third kappa shape index (κ3) is 6.74. The summed E-state index contributed by atoms with van der Waals surface area (Å²) in [5, 5.41) is 3.04. The molecule has 146 valence electrons. The SMILES string of the molecule is O=C(Nc1ccc(OCCCCCCn2ccnc2)cc1)C1CCCCC1. The fraction of sp³-hybridized carbons (Fsp3) is 0.545. The zero-order chi connectivity index (χ0) is 18.7. The molecule has 1 saturated carbocycles. The number of carbonyl (C=O) groups is 1. The van der Waals surface area contributed by atoms with Gasteiger partial charge in [0, 0.05) is 30.5 Å². The van der Waals surface area contributed by atoms with E-state index in [1.165, 1.54) is 38.5 Å². The quantitative estimate of drug-likeness (QED) is 0.597. The monoisotopic (exact) mass is 369 g/mol. The largest absolute Gasteiger partial charge is 0.494 e. The molecule has 1 aliphatic carbocycles. The zero-order valence-electron chi connectivity index (χ0n) is 16.1. The van der Waals surface area contributed by atoms with Gasteiger partial charge < -0.3 is 14.6 Å². The molecule has 1 aliphatic rings. The van der Waals surface area contributed by atoms with Crippen LogP contribution in [0.2, 0.25) is 0 Å². The van der Waals surface area contributed by atoms with Gasteiger partial charge in [0.1, 0.15) is 5.75 Å². The number of unbranched alkanes of at least 4 members (excludes halogenated alkanes) is 3. The second-order valence-electron chi connectivity index (χ2n) is 7.41. The van der Waals surface area contributed by atoms with E-state index in [1.807, 2.05) is 43.0 Å². The molecule has 1 aromatic heterocycles. The van der Waals surface area contributed by atoms with E-state index in [4.69, 9.17) is 4.74 Å². The van der Waals surface area contributed by atoms with Gasteiger partial charge in [0.15, 0.2) is 0 Å². The third-order valence-electron chi connectivity index (χ3n) is 5.24. The molecule has 27 heavy (non-hydrogen) atoms. The van der Waals surface area contributed by atoms with Crippen LogP contribution in [0.3, 0.4) is 0 Å². The van der Waals surface area contributed by atoms with E-state index in [0.717, 1.165) is 43.9 Å². The molecule has 0 spiro atoms. The first-order chi connectivity index (χ1) is 13.3. The highest BCUT2D eigenvalue weighted by Gasteiger charge is 2.20. The van der Waals surface area contributed by atoms with Crippen molar-refractivity contribution in [2.75, 3.05) is 11.9 Å². The van der Waals surface area contributed by atoms with Gasteiger partial charge in [-0.15, -0.1) is 0 Å². The van der Waals surface area contributed by atoms with E-state index in [-0.39, 0.29) is 11.8 Å². The molecule has 5 nitrogen and oxygen atoms in total. The molecule has 1 N–H and O–H groups in total. The van der Waals surface area contributed by atoms with E-state index < -0.39 is 0 Å². The smallest absolute Gasteiger partial charge is 0.227 e. The molecule has 1 aromatic carbocycles. The van der Waals surface area contributed by atoms with Crippen LogP contribution in [0.1, 0.15) is 57.8 Å². The maximum atomic E-state index is 12.3. The summed E-state index contributed by atoms with van der Waals surface area (Å²) in [4.78, 5) is 16.3. The Balaban J connectivity index is 1.28. The molecule has 0 aliphatic heterocycles. The average Bonchev–Trinajstić information content (AvgIpc) is 3.23. The van der Waals surface area contributed by atoms with Crippen molar-refractivity contribution in [1.29, 1.82) is 0 Å². The molecule has 0 radical (unpaired) electrons. The predicted molar refractivity (Wildman–Crippen MR) is 108 cm³/mol. The van der Waals surface area contributed by atoms with Gasteiger partial charge in [0.25, 0.3) is 0 Å². The van der Waals surface area contributed by atoms with E-state index in [9.17, 15) is 4.79 Å². The number of rotatable bonds is 10. The lowest BCUT2D eigenvalue weighted by Crippen LogP contribution is -2.24. The Bertz CT molecular complexity index is 661. The standard InChI is InChI=1S/C22H31N3O2/c26-22(19-8-4-3-5-9-19)24-20-10-12-21(13-11-20)27-17-7-2-1-6-15-25-16-14-23-18-25/h10-14,16,18-19H,1-9,15,17H2,(H,24,26). The molecule has 1 fully saturated rings. The van der Waals surface area contributed by atoms with E-state index in [2.05, 4.69) is 14.9 Å². The van der Waals surface area contributed by atoms with E-state index >= 15 is 0 Å². The number of ether oxygens (including phenoxy) is 1. The molecule has 0 unspecified atom stereocenters. The Morgan fingerprint density at radius 3 is 2.59 bits per heavy atom. The van der Waals surface area contributed by atoms with Crippen molar-refractivity contribution in [3.63, 3.8) is 0 Å². The minimum atomic E-state index is 0.166. The fourth-order valence-corrected chi connectivity index (χ4v) is 3.60. The summed E-state index contributed by atoms with van der Waals surface area (Å²) in [6, 6.07) is 7.74. The van der Waals surface area contributed by atoms with Crippen molar-refractivity contribution in [3.05, 3.63) is 43.0 Å². The van der Waals surface area contributed by atoms with Gasteiger partial charge in [-0.2, -0.15) is 0 Å². The highest BCUT2D eigenvalue weighted by atomic mass is 16.5.